The number of halogens is 3. The van der Waals surface area contributed by atoms with Gasteiger partial charge in [0.05, 0.1) is 8.48 Å². The van der Waals surface area contributed by atoms with Gasteiger partial charge in [0.1, 0.15) is 17.3 Å². The van der Waals surface area contributed by atoms with Gasteiger partial charge in [0.15, 0.2) is 5.17 Å². The van der Waals surface area contributed by atoms with Crippen molar-refractivity contribution in [2.45, 2.75) is 0 Å². The number of aliphatic imine (C=N–C) groups is 1. The Bertz CT molecular complexity index is 902. The highest BCUT2D eigenvalue weighted by Gasteiger charge is 2.24. The normalized spacial score (nSPS) is 17.5. The molecule has 0 saturated carbocycles. The average Bonchev–Trinajstić information content (AvgIpc) is 2.86. The molecule has 2 aromatic rings. The predicted octanol–water partition coefficient (Wildman–Crippen LogP) is 4.79. The van der Waals surface area contributed by atoms with Crippen molar-refractivity contribution in [3.8, 4) is 5.75 Å². The number of rotatable bonds is 2. The van der Waals surface area contributed by atoms with Crippen LogP contribution in [-0.2, 0) is 4.79 Å². The lowest BCUT2D eigenvalue weighted by Gasteiger charge is -2.03. The molecule has 2 aromatic carbocycles. The van der Waals surface area contributed by atoms with Gasteiger partial charge in [0.2, 0.25) is 0 Å². The predicted molar refractivity (Wildman–Crippen MR) is 106 cm³/mol. The molecular formula is C16H9BrFIN2O2S. The minimum atomic E-state index is -0.462. The van der Waals surface area contributed by atoms with Gasteiger partial charge in [0.25, 0.3) is 5.91 Å². The van der Waals surface area contributed by atoms with E-state index in [9.17, 15) is 14.3 Å². The molecule has 0 radical (unpaired) electrons. The summed E-state index contributed by atoms with van der Waals surface area (Å²) >= 11 is 6.46. The summed E-state index contributed by atoms with van der Waals surface area (Å²) in [7, 11) is 0. The summed E-state index contributed by atoms with van der Waals surface area (Å²) in [5.41, 5.74) is 0.667. The van der Waals surface area contributed by atoms with Crippen LogP contribution in [-0.4, -0.2) is 16.2 Å². The Labute approximate surface area is 163 Å². The number of thioether (sulfide) groups is 1. The standard InChI is InChI=1S/C16H9BrFIN2O2S/c17-9-5-8(14(22)11(19)7-9)6-13-15(23)21-16(24-13)20-12-4-2-1-3-10(12)18/h1-7,22H,(H,20,21,23)/b13-6-. The number of para-hydroxylation sites is 1. The van der Waals surface area contributed by atoms with Crippen molar-refractivity contribution in [1.29, 1.82) is 0 Å². The fraction of sp³-hybridized carbons (Fsp3) is 0. The molecule has 1 saturated heterocycles. The highest BCUT2D eigenvalue weighted by molar-refractivity contribution is 14.1. The Kier molecular flexibility index (Phi) is 5.26. The molecule has 8 heteroatoms. The van der Waals surface area contributed by atoms with Crippen LogP contribution in [0.5, 0.6) is 5.75 Å². The van der Waals surface area contributed by atoms with E-state index in [0.717, 1.165) is 16.2 Å². The van der Waals surface area contributed by atoms with Gasteiger partial charge in [-0.25, -0.2) is 9.38 Å². The van der Waals surface area contributed by atoms with E-state index in [1.54, 1.807) is 30.3 Å². The summed E-state index contributed by atoms with van der Waals surface area (Å²) < 4.78 is 15.1. The minimum absolute atomic E-state index is 0.0965. The molecule has 24 heavy (non-hydrogen) atoms. The van der Waals surface area contributed by atoms with E-state index in [1.807, 2.05) is 22.6 Å². The maximum Gasteiger partial charge on any atom is 0.264 e. The molecule has 0 aliphatic carbocycles. The fourth-order valence-corrected chi connectivity index (χ4v) is 4.35. The number of hydrogen-bond acceptors (Lipinski definition) is 4. The molecule has 1 aliphatic heterocycles. The quantitative estimate of drug-likeness (QED) is 0.444. The Morgan fingerprint density at radius 3 is 2.83 bits per heavy atom. The van der Waals surface area contributed by atoms with Crippen LogP contribution in [0.2, 0.25) is 0 Å². The van der Waals surface area contributed by atoms with Crippen molar-refractivity contribution in [3.63, 3.8) is 0 Å². The molecule has 3 rings (SSSR count). The van der Waals surface area contributed by atoms with Crippen LogP contribution >= 0.6 is 50.3 Å². The summed E-state index contributed by atoms with van der Waals surface area (Å²) in [4.78, 5) is 16.6. The topological polar surface area (TPSA) is 61.7 Å². The number of aromatic hydroxyl groups is 1. The van der Waals surface area contributed by atoms with Gasteiger partial charge in [-0.1, -0.05) is 28.1 Å². The molecule has 1 aliphatic rings. The number of amidine groups is 1. The molecule has 0 spiro atoms. The maximum atomic E-state index is 13.6. The Hall–Kier alpha value is -1.39. The first kappa shape index (κ1) is 17.4. The van der Waals surface area contributed by atoms with Crippen molar-refractivity contribution in [3.05, 3.63) is 60.7 Å². The van der Waals surface area contributed by atoms with E-state index < -0.39 is 5.82 Å². The molecule has 122 valence electrons. The van der Waals surface area contributed by atoms with Crippen LogP contribution in [0, 0.1) is 9.39 Å². The number of benzene rings is 2. The summed E-state index contributed by atoms with van der Waals surface area (Å²) in [5.74, 6) is -0.708. The lowest BCUT2D eigenvalue weighted by molar-refractivity contribution is -0.115. The smallest absolute Gasteiger partial charge is 0.264 e. The van der Waals surface area contributed by atoms with Crippen molar-refractivity contribution in [1.82, 2.24) is 5.32 Å². The van der Waals surface area contributed by atoms with E-state index in [4.69, 9.17) is 0 Å². The van der Waals surface area contributed by atoms with E-state index in [-0.39, 0.29) is 17.3 Å². The molecular weight excluding hydrogens is 510 g/mol. The number of carbonyl (C=O) groups is 1. The second-order valence-electron chi connectivity index (χ2n) is 4.76. The van der Waals surface area contributed by atoms with Gasteiger partial charge >= 0.3 is 0 Å². The second-order valence-corrected chi connectivity index (χ2v) is 7.87. The number of carbonyl (C=O) groups excluding carboxylic acids is 1. The Morgan fingerprint density at radius 2 is 2.08 bits per heavy atom. The highest BCUT2D eigenvalue weighted by Crippen LogP contribution is 2.34. The number of phenols is 1. The molecule has 0 unspecified atom stereocenters. The van der Waals surface area contributed by atoms with Gasteiger partial charge in [-0.05, 0) is 64.7 Å². The van der Waals surface area contributed by atoms with Crippen molar-refractivity contribution in [2.24, 2.45) is 4.99 Å². The first-order valence-corrected chi connectivity index (χ1v) is 9.35. The number of phenolic OH excluding ortho intramolecular Hbond substituents is 1. The average molecular weight is 519 g/mol. The van der Waals surface area contributed by atoms with Crippen LogP contribution in [0.1, 0.15) is 5.56 Å². The first-order chi connectivity index (χ1) is 11.4. The molecule has 1 heterocycles. The van der Waals surface area contributed by atoms with Crippen molar-refractivity contribution >= 4 is 73.1 Å². The van der Waals surface area contributed by atoms with E-state index in [0.29, 0.717) is 19.2 Å². The van der Waals surface area contributed by atoms with Gasteiger partial charge in [-0.15, -0.1) is 0 Å². The molecule has 0 atom stereocenters. The first-order valence-electron chi connectivity index (χ1n) is 6.66. The van der Waals surface area contributed by atoms with E-state index in [1.165, 1.54) is 12.1 Å². The third-order valence-electron chi connectivity index (χ3n) is 3.07. The number of amides is 1. The van der Waals surface area contributed by atoms with Crippen molar-refractivity contribution < 1.29 is 14.3 Å². The molecule has 0 bridgehead atoms. The summed E-state index contributed by atoms with van der Waals surface area (Å²) in [6.07, 6.45) is 1.58. The van der Waals surface area contributed by atoms with Gasteiger partial charge in [0, 0.05) is 10.0 Å². The van der Waals surface area contributed by atoms with Crippen LogP contribution in [0.25, 0.3) is 6.08 Å². The van der Waals surface area contributed by atoms with Gasteiger partial charge in [-0.2, -0.15) is 0 Å². The van der Waals surface area contributed by atoms with Gasteiger partial charge in [-0.3, -0.25) is 4.79 Å². The van der Waals surface area contributed by atoms with Crippen LogP contribution in [0.3, 0.4) is 0 Å². The molecule has 1 amide bonds. The zero-order chi connectivity index (χ0) is 17.3. The Balaban J connectivity index is 1.92. The second kappa shape index (κ2) is 7.24. The Morgan fingerprint density at radius 1 is 1.33 bits per heavy atom. The van der Waals surface area contributed by atoms with E-state index >= 15 is 0 Å². The SMILES string of the molecule is O=C1NC(=Nc2ccccc2F)S/C1=C\c1cc(Br)cc(I)c1O. The number of hydrogen-bond donors (Lipinski definition) is 2. The summed E-state index contributed by atoms with van der Waals surface area (Å²) in [6, 6.07) is 9.55. The van der Waals surface area contributed by atoms with Crippen LogP contribution in [0.4, 0.5) is 10.1 Å². The maximum absolute atomic E-state index is 13.6. The van der Waals surface area contributed by atoms with Crippen LogP contribution < -0.4 is 5.32 Å². The minimum Gasteiger partial charge on any atom is -0.506 e. The monoisotopic (exact) mass is 518 g/mol. The number of nitrogens with zero attached hydrogens (tertiary/aromatic N) is 1. The molecule has 1 fully saturated rings. The number of nitrogens with one attached hydrogen (secondary N) is 1. The summed E-state index contributed by atoms with van der Waals surface area (Å²) in [6.45, 7) is 0. The summed E-state index contributed by atoms with van der Waals surface area (Å²) in [5, 5.41) is 13.0. The third-order valence-corrected chi connectivity index (χ3v) is 5.26. The zero-order valence-corrected chi connectivity index (χ0v) is 16.4. The van der Waals surface area contributed by atoms with Crippen LogP contribution in [0.15, 0.2) is 50.8 Å². The third kappa shape index (κ3) is 3.81. The largest absolute Gasteiger partial charge is 0.506 e. The highest BCUT2D eigenvalue weighted by atomic mass is 127. The van der Waals surface area contributed by atoms with Gasteiger partial charge < -0.3 is 10.4 Å². The van der Waals surface area contributed by atoms with Crippen molar-refractivity contribution in [2.75, 3.05) is 0 Å². The zero-order valence-electron chi connectivity index (χ0n) is 11.9. The lowest BCUT2D eigenvalue weighted by Crippen LogP contribution is -2.19. The molecule has 0 aromatic heterocycles. The van der Waals surface area contributed by atoms with E-state index in [2.05, 4.69) is 26.2 Å². The lowest BCUT2D eigenvalue weighted by atomic mass is 10.2. The molecule has 4 nitrogen and oxygen atoms in total. The fourth-order valence-electron chi connectivity index (χ4n) is 1.97. The molecule has 2 N–H and O–H groups in total.